The van der Waals surface area contributed by atoms with E-state index in [1.807, 2.05) is 30.3 Å². The lowest BCUT2D eigenvalue weighted by atomic mass is 10.1. The molecule has 5 heteroatoms. The lowest BCUT2D eigenvalue weighted by molar-refractivity contribution is 0.230. The monoisotopic (exact) mass is 310 g/mol. The van der Waals surface area contributed by atoms with Crippen molar-refractivity contribution in [2.75, 3.05) is 38.2 Å². The van der Waals surface area contributed by atoms with Gasteiger partial charge in [0.15, 0.2) is 5.82 Å². The highest BCUT2D eigenvalue weighted by Gasteiger charge is 2.31. The Kier molecular flexibility index (Phi) is 3.87. The highest BCUT2D eigenvalue weighted by atomic mass is 16.5. The minimum atomic E-state index is 0.694. The summed E-state index contributed by atoms with van der Waals surface area (Å²) in [6.07, 6.45) is 2.64. The highest BCUT2D eigenvalue weighted by molar-refractivity contribution is 5.67. The first-order valence-electron chi connectivity index (χ1n) is 8.31. The fourth-order valence-corrected chi connectivity index (χ4v) is 3.69. The summed E-state index contributed by atoms with van der Waals surface area (Å²) in [7, 11) is 1.68. The van der Waals surface area contributed by atoms with Crippen molar-refractivity contribution in [2.45, 2.75) is 18.9 Å². The van der Waals surface area contributed by atoms with E-state index in [1.54, 1.807) is 7.11 Å². The molecule has 1 atom stereocenters. The predicted octanol–water partition coefficient (Wildman–Crippen LogP) is 2.44. The topological polar surface area (TPSA) is 41.5 Å². The van der Waals surface area contributed by atoms with Gasteiger partial charge in [-0.2, -0.15) is 0 Å². The van der Waals surface area contributed by atoms with E-state index >= 15 is 0 Å². The average Bonchev–Trinajstić information content (AvgIpc) is 3.09. The van der Waals surface area contributed by atoms with Crippen LogP contribution in [0.4, 0.5) is 5.82 Å². The third kappa shape index (κ3) is 2.77. The Morgan fingerprint density at radius 2 is 1.96 bits per heavy atom. The Morgan fingerprint density at radius 3 is 2.78 bits per heavy atom. The molecular weight excluding hydrogens is 288 g/mol. The van der Waals surface area contributed by atoms with Gasteiger partial charge in [0.25, 0.3) is 0 Å². The number of fused-ring (bicyclic) bond motifs is 1. The van der Waals surface area contributed by atoms with Crippen molar-refractivity contribution in [3.63, 3.8) is 0 Å². The fourth-order valence-electron chi connectivity index (χ4n) is 3.69. The van der Waals surface area contributed by atoms with Crippen molar-refractivity contribution in [3.05, 3.63) is 36.4 Å². The normalized spacial score (nSPS) is 21.3. The van der Waals surface area contributed by atoms with Crippen LogP contribution in [-0.2, 0) is 0 Å². The summed E-state index contributed by atoms with van der Waals surface area (Å²) in [4.78, 5) is 4.97. The zero-order valence-corrected chi connectivity index (χ0v) is 13.5. The molecule has 0 amide bonds. The Hall–Kier alpha value is -2.14. The van der Waals surface area contributed by atoms with Gasteiger partial charge in [-0.25, -0.2) is 0 Å². The first-order chi connectivity index (χ1) is 11.3. The van der Waals surface area contributed by atoms with Gasteiger partial charge in [-0.05, 0) is 43.7 Å². The number of piperazine rings is 1. The van der Waals surface area contributed by atoms with E-state index in [9.17, 15) is 0 Å². The van der Waals surface area contributed by atoms with E-state index in [0.29, 0.717) is 6.04 Å². The van der Waals surface area contributed by atoms with Crippen molar-refractivity contribution in [3.8, 4) is 17.0 Å². The summed E-state index contributed by atoms with van der Waals surface area (Å²) in [6.45, 7) is 4.51. The van der Waals surface area contributed by atoms with Crippen LogP contribution in [0.1, 0.15) is 12.8 Å². The molecule has 1 aromatic heterocycles. The number of rotatable bonds is 3. The fraction of sp³-hybridized carbons (Fsp3) is 0.444. The molecular formula is C18H22N4O. The SMILES string of the molecule is COc1ccccc1-c1ccc(N2CCN3CCCC3C2)nn1. The standard InChI is InChI=1S/C18H22N4O/c1-23-17-7-3-2-6-15(17)16-8-9-18(20-19-16)22-12-11-21-10-4-5-14(21)13-22/h2-3,6-9,14H,4-5,10-13H2,1H3. The number of nitrogens with zero attached hydrogens (tertiary/aromatic N) is 4. The van der Waals surface area contributed by atoms with Crippen molar-refractivity contribution >= 4 is 5.82 Å². The second-order valence-corrected chi connectivity index (χ2v) is 6.26. The van der Waals surface area contributed by atoms with Gasteiger partial charge in [0.2, 0.25) is 0 Å². The molecule has 120 valence electrons. The van der Waals surface area contributed by atoms with E-state index in [-0.39, 0.29) is 0 Å². The molecule has 5 nitrogen and oxygen atoms in total. The largest absolute Gasteiger partial charge is 0.496 e. The molecule has 4 rings (SSSR count). The summed E-state index contributed by atoms with van der Waals surface area (Å²) >= 11 is 0. The minimum absolute atomic E-state index is 0.694. The molecule has 3 heterocycles. The quantitative estimate of drug-likeness (QED) is 0.871. The van der Waals surface area contributed by atoms with Crippen LogP contribution in [-0.4, -0.2) is 54.4 Å². The number of ether oxygens (including phenoxy) is 1. The highest BCUT2D eigenvalue weighted by Crippen LogP contribution is 2.29. The number of methoxy groups -OCH3 is 1. The smallest absolute Gasteiger partial charge is 0.151 e. The van der Waals surface area contributed by atoms with E-state index in [0.717, 1.165) is 42.5 Å². The Morgan fingerprint density at radius 1 is 1.04 bits per heavy atom. The molecule has 2 aromatic rings. The molecule has 2 aliphatic heterocycles. The third-order valence-corrected chi connectivity index (χ3v) is 4.94. The van der Waals surface area contributed by atoms with Gasteiger partial charge in [-0.3, -0.25) is 4.90 Å². The second-order valence-electron chi connectivity index (χ2n) is 6.26. The number of hydrogen-bond acceptors (Lipinski definition) is 5. The maximum atomic E-state index is 5.41. The predicted molar refractivity (Wildman–Crippen MR) is 90.8 cm³/mol. The van der Waals surface area contributed by atoms with Crippen LogP contribution in [0.25, 0.3) is 11.3 Å². The van der Waals surface area contributed by atoms with Crippen LogP contribution >= 0.6 is 0 Å². The van der Waals surface area contributed by atoms with Gasteiger partial charge in [-0.15, -0.1) is 10.2 Å². The number of aromatic nitrogens is 2. The maximum absolute atomic E-state index is 5.41. The summed E-state index contributed by atoms with van der Waals surface area (Å²) in [5.41, 5.74) is 1.83. The van der Waals surface area contributed by atoms with E-state index in [2.05, 4.69) is 26.1 Å². The molecule has 0 radical (unpaired) electrons. The maximum Gasteiger partial charge on any atom is 0.151 e. The Bertz CT molecular complexity index is 673. The average molecular weight is 310 g/mol. The van der Waals surface area contributed by atoms with Crippen molar-refractivity contribution < 1.29 is 4.74 Å². The molecule has 0 aliphatic carbocycles. The number of para-hydroxylation sites is 1. The number of hydrogen-bond donors (Lipinski definition) is 0. The summed E-state index contributed by atoms with van der Waals surface area (Å²) < 4.78 is 5.41. The minimum Gasteiger partial charge on any atom is -0.496 e. The number of anilines is 1. The van der Waals surface area contributed by atoms with E-state index < -0.39 is 0 Å². The lowest BCUT2D eigenvalue weighted by Crippen LogP contribution is -2.50. The summed E-state index contributed by atoms with van der Waals surface area (Å²) in [6, 6.07) is 12.7. The van der Waals surface area contributed by atoms with Gasteiger partial charge in [0, 0.05) is 31.2 Å². The van der Waals surface area contributed by atoms with Gasteiger partial charge in [0.05, 0.1) is 12.8 Å². The van der Waals surface area contributed by atoms with Crippen molar-refractivity contribution in [1.29, 1.82) is 0 Å². The van der Waals surface area contributed by atoms with Gasteiger partial charge in [-0.1, -0.05) is 12.1 Å². The molecule has 2 saturated heterocycles. The lowest BCUT2D eigenvalue weighted by Gasteiger charge is -2.37. The molecule has 0 bridgehead atoms. The van der Waals surface area contributed by atoms with Crippen LogP contribution in [0, 0.1) is 0 Å². The van der Waals surface area contributed by atoms with E-state index in [4.69, 9.17) is 4.74 Å². The molecule has 1 unspecified atom stereocenters. The Balaban J connectivity index is 1.54. The third-order valence-electron chi connectivity index (χ3n) is 4.94. The second kappa shape index (κ2) is 6.16. The molecule has 23 heavy (non-hydrogen) atoms. The van der Waals surface area contributed by atoms with Crippen molar-refractivity contribution in [1.82, 2.24) is 15.1 Å². The molecule has 1 aromatic carbocycles. The Labute approximate surface area is 136 Å². The first kappa shape index (κ1) is 14.5. The zero-order chi connectivity index (χ0) is 15.6. The van der Waals surface area contributed by atoms with E-state index in [1.165, 1.54) is 19.4 Å². The van der Waals surface area contributed by atoms with Crippen molar-refractivity contribution in [2.24, 2.45) is 0 Å². The molecule has 2 fully saturated rings. The molecule has 2 aliphatic rings. The zero-order valence-electron chi connectivity index (χ0n) is 13.5. The molecule has 0 saturated carbocycles. The van der Waals surface area contributed by atoms with Crippen LogP contribution in [0.2, 0.25) is 0 Å². The van der Waals surface area contributed by atoms with Gasteiger partial charge >= 0.3 is 0 Å². The summed E-state index contributed by atoms with van der Waals surface area (Å²) in [5, 5.41) is 8.90. The van der Waals surface area contributed by atoms with Crippen LogP contribution in [0.5, 0.6) is 5.75 Å². The molecule has 0 N–H and O–H groups in total. The number of benzene rings is 1. The van der Waals surface area contributed by atoms with Gasteiger partial charge < -0.3 is 9.64 Å². The van der Waals surface area contributed by atoms with Crippen LogP contribution in [0.3, 0.4) is 0 Å². The summed E-state index contributed by atoms with van der Waals surface area (Å²) in [5.74, 6) is 1.81. The van der Waals surface area contributed by atoms with Gasteiger partial charge in [0.1, 0.15) is 5.75 Å². The van der Waals surface area contributed by atoms with Crippen LogP contribution < -0.4 is 9.64 Å². The van der Waals surface area contributed by atoms with Crippen LogP contribution in [0.15, 0.2) is 36.4 Å². The molecule has 0 spiro atoms. The first-order valence-corrected chi connectivity index (χ1v) is 8.31.